The van der Waals surface area contributed by atoms with Gasteiger partial charge in [0.2, 0.25) is 5.91 Å². The van der Waals surface area contributed by atoms with Crippen LogP contribution in [0.2, 0.25) is 0 Å². The molecule has 0 fully saturated rings. The standard InChI is InChI=1S/C18H13F6N5O/c19-17(20,21)12-6-14(18(22,23)24)28-16(11(12)7-25)27-9-15(30)29-5-1-2-10-8-26-4-3-13(10)29/h3-4,6,8H,1-2,5,9H2,(H,27,28). The molecule has 0 unspecified atom stereocenters. The van der Waals surface area contributed by atoms with Crippen molar-refractivity contribution >= 4 is 17.4 Å². The van der Waals surface area contributed by atoms with Crippen LogP contribution in [-0.4, -0.2) is 29.0 Å². The van der Waals surface area contributed by atoms with Crippen LogP contribution < -0.4 is 10.2 Å². The van der Waals surface area contributed by atoms with Crippen LogP contribution in [0.3, 0.4) is 0 Å². The van der Waals surface area contributed by atoms with Crippen molar-refractivity contribution in [3.63, 3.8) is 0 Å². The van der Waals surface area contributed by atoms with Crippen molar-refractivity contribution < 1.29 is 31.1 Å². The van der Waals surface area contributed by atoms with Gasteiger partial charge in [0.25, 0.3) is 0 Å². The zero-order valence-corrected chi connectivity index (χ0v) is 15.1. The molecular formula is C18H13F6N5O. The van der Waals surface area contributed by atoms with E-state index in [-0.39, 0.29) is 6.07 Å². The van der Waals surface area contributed by atoms with E-state index in [0.29, 0.717) is 25.1 Å². The lowest BCUT2D eigenvalue weighted by Crippen LogP contribution is -2.39. The van der Waals surface area contributed by atoms with Crippen molar-refractivity contribution in [1.82, 2.24) is 9.97 Å². The number of amides is 1. The Morgan fingerprint density at radius 1 is 1.23 bits per heavy atom. The van der Waals surface area contributed by atoms with E-state index in [4.69, 9.17) is 5.26 Å². The van der Waals surface area contributed by atoms with Gasteiger partial charge in [0.05, 0.1) is 12.1 Å². The van der Waals surface area contributed by atoms with Crippen LogP contribution in [0.5, 0.6) is 0 Å². The van der Waals surface area contributed by atoms with Crippen LogP contribution in [0.4, 0.5) is 37.8 Å². The van der Waals surface area contributed by atoms with Gasteiger partial charge in [0.15, 0.2) is 0 Å². The summed E-state index contributed by atoms with van der Waals surface area (Å²) in [5, 5.41) is 11.3. The topological polar surface area (TPSA) is 81.9 Å². The number of carbonyl (C=O) groups excluding carboxylic acids is 1. The Labute approximate surface area is 166 Å². The average molecular weight is 429 g/mol. The minimum atomic E-state index is -5.22. The van der Waals surface area contributed by atoms with E-state index in [0.717, 1.165) is 5.56 Å². The van der Waals surface area contributed by atoms with Crippen LogP contribution in [0.25, 0.3) is 0 Å². The zero-order valence-electron chi connectivity index (χ0n) is 15.1. The SMILES string of the molecule is N#Cc1c(C(F)(F)F)cc(C(F)(F)F)nc1NCC(=O)N1CCCc2cnccc21. The van der Waals surface area contributed by atoms with Crippen molar-refractivity contribution in [1.29, 1.82) is 5.26 Å². The first-order chi connectivity index (χ1) is 14.0. The summed E-state index contributed by atoms with van der Waals surface area (Å²) < 4.78 is 78.6. The van der Waals surface area contributed by atoms with Gasteiger partial charge in [0, 0.05) is 24.6 Å². The molecule has 0 radical (unpaired) electrons. The Morgan fingerprint density at radius 3 is 2.60 bits per heavy atom. The molecule has 2 aromatic heterocycles. The average Bonchev–Trinajstić information content (AvgIpc) is 2.69. The predicted molar refractivity (Wildman–Crippen MR) is 92.4 cm³/mol. The highest BCUT2D eigenvalue weighted by atomic mass is 19.4. The molecule has 0 saturated heterocycles. The number of anilines is 2. The highest BCUT2D eigenvalue weighted by Crippen LogP contribution is 2.38. The zero-order chi connectivity index (χ0) is 22.1. The first kappa shape index (κ1) is 21.4. The van der Waals surface area contributed by atoms with Gasteiger partial charge in [-0.15, -0.1) is 0 Å². The summed E-state index contributed by atoms with van der Waals surface area (Å²) in [6, 6.07) is 2.59. The van der Waals surface area contributed by atoms with Crippen molar-refractivity contribution in [2.75, 3.05) is 23.3 Å². The van der Waals surface area contributed by atoms with E-state index in [9.17, 15) is 31.1 Å². The molecule has 2 aromatic rings. The van der Waals surface area contributed by atoms with Gasteiger partial charge in [-0.1, -0.05) is 0 Å². The minimum Gasteiger partial charge on any atom is -0.360 e. The third-order valence-electron chi connectivity index (χ3n) is 4.43. The molecule has 0 atom stereocenters. The third kappa shape index (κ3) is 4.29. The van der Waals surface area contributed by atoms with Crippen LogP contribution in [0.1, 0.15) is 28.8 Å². The fourth-order valence-electron chi connectivity index (χ4n) is 3.09. The number of hydrogen-bond acceptors (Lipinski definition) is 5. The second kappa shape index (κ2) is 7.81. The number of nitrogens with zero attached hydrogens (tertiary/aromatic N) is 4. The van der Waals surface area contributed by atoms with E-state index >= 15 is 0 Å². The quantitative estimate of drug-likeness (QED) is 0.752. The Hall–Kier alpha value is -3.36. The molecule has 0 aliphatic carbocycles. The maximum Gasteiger partial charge on any atom is 0.433 e. The molecule has 12 heteroatoms. The van der Waals surface area contributed by atoms with Gasteiger partial charge >= 0.3 is 12.4 Å². The number of halogens is 6. The number of fused-ring (bicyclic) bond motifs is 1. The Bertz CT molecular complexity index is 1010. The summed E-state index contributed by atoms with van der Waals surface area (Å²) in [7, 11) is 0. The number of hydrogen-bond donors (Lipinski definition) is 1. The second-order valence-electron chi connectivity index (χ2n) is 6.39. The number of nitriles is 1. The van der Waals surface area contributed by atoms with Crippen LogP contribution in [-0.2, 0) is 23.6 Å². The Morgan fingerprint density at radius 2 is 1.97 bits per heavy atom. The molecule has 1 aliphatic rings. The van der Waals surface area contributed by atoms with Crippen molar-refractivity contribution in [2.24, 2.45) is 0 Å². The van der Waals surface area contributed by atoms with Gasteiger partial charge in [-0.25, -0.2) is 4.98 Å². The molecule has 1 amide bonds. The number of alkyl halides is 6. The van der Waals surface area contributed by atoms with E-state index in [1.54, 1.807) is 12.3 Å². The number of aryl methyl sites for hydroxylation is 1. The van der Waals surface area contributed by atoms with Crippen molar-refractivity contribution in [2.45, 2.75) is 25.2 Å². The molecule has 6 nitrogen and oxygen atoms in total. The van der Waals surface area contributed by atoms with E-state index < -0.39 is 47.4 Å². The second-order valence-corrected chi connectivity index (χ2v) is 6.39. The van der Waals surface area contributed by atoms with Crippen molar-refractivity contribution in [3.05, 3.63) is 46.9 Å². The Kier molecular flexibility index (Phi) is 5.56. The summed E-state index contributed by atoms with van der Waals surface area (Å²) >= 11 is 0. The highest BCUT2D eigenvalue weighted by molar-refractivity contribution is 5.97. The molecule has 30 heavy (non-hydrogen) atoms. The molecule has 3 rings (SSSR count). The summed E-state index contributed by atoms with van der Waals surface area (Å²) in [5.74, 6) is -1.56. The lowest BCUT2D eigenvalue weighted by atomic mass is 10.0. The van der Waals surface area contributed by atoms with Crippen molar-refractivity contribution in [3.8, 4) is 6.07 Å². The molecule has 1 N–H and O–H groups in total. The lowest BCUT2D eigenvalue weighted by molar-refractivity contribution is -0.145. The van der Waals surface area contributed by atoms with E-state index in [1.807, 2.05) is 0 Å². The number of nitrogens with one attached hydrogen (secondary N) is 1. The molecule has 0 aromatic carbocycles. The summed E-state index contributed by atoms with van der Waals surface area (Å²) in [5.41, 5.74) is -3.36. The van der Waals surface area contributed by atoms with Crippen LogP contribution in [0, 0.1) is 11.3 Å². The minimum absolute atomic E-state index is 0.223. The van der Waals surface area contributed by atoms with Gasteiger partial charge in [-0.3, -0.25) is 9.78 Å². The van der Waals surface area contributed by atoms with E-state index in [1.165, 1.54) is 17.2 Å². The number of pyridine rings is 2. The molecule has 1 aliphatic heterocycles. The van der Waals surface area contributed by atoms with Crippen LogP contribution >= 0.6 is 0 Å². The first-order valence-corrected chi connectivity index (χ1v) is 8.59. The molecule has 158 valence electrons. The monoisotopic (exact) mass is 429 g/mol. The summed E-state index contributed by atoms with van der Waals surface area (Å²) in [6.07, 6.45) is -6.03. The van der Waals surface area contributed by atoms with E-state index in [2.05, 4.69) is 15.3 Å². The van der Waals surface area contributed by atoms with Crippen LogP contribution in [0.15, 0.2) is 24.5 Å². The smallest absolute Gasteiger partial charge is 0.360 e. The molecule has 0 spiro atoms. The third-order valence-corrected chi connectivity index (χ3v) is 4.43. The molecule has 0 saturated carbocycles. The molecular weight excluding hydrogens is 416 g/mol. The van der Waals surface area contributed by atoms with Gasteiger partial charge < -0.3 is 10.2 Å². The fraction of sp³-hybridized carbons (Fsp3) is 0.333. The predicted octanol–water partition coefficient (Wildman–Crippen LogP) is 3.78. The number of aromatic nitrogens is 2. The normalized spacial score (nSPS) is 14.1. The maximum absolute atomic E-state index is 13.2. The lowest BCUT2D eigenvalue weighted by Gasteiger charge is -2.29. The van der Waals surface area contributed by atoms with Gasteiger partial charge in [-0.2, -0.15) is 31.6 Å². The largest absolute Gasteiger partial charge is 0.433 e. The Balaban J connectivity index is 1.92. The fourth-order valence-corrected chi connectivity index (χ4v) is 3.09. The summed E-state index contributed by atoms with van der Waals surface area (Å²) in [4.78, 5) is 21.0. The van der Waals surface area contributed by atoms with Gasteiger partial charge in [0.1, 0.15) is 23.1 Å². The highest BCUT2D eigenvalue weighted by Gasteiger charge is 2.41. The van der Waals surface area contributed by atoms with Gasteiger partial charge in [-0.05, 0) is 30.5 Å². The maximum atomic E-state index is 13.2. The summed E-state index contributed by atoms with van der Waals surface area (Å²) in [6.45, 7) is -0.325. The number of rotatable bonds is 3. The first-order valence-electron chi connectivity index (χ1n) is 8.59. The molecule has 3 heterocycles. The number of carbonyl (C=O) groups is 1. The molecule has 0 bridgehead atoms.